The van der Waals surface area contributed by atoms with Crippen LogP contribution in [0.4, 0.5) is 5.69 Å². The Morgan fingerprint density at radius 2 is 1.85 bits per heavy atom. The zero-order valence-corrected chi connectivity index (χ0v) is 24.2. The Morgan fingerprint density at radius 1 is 1.10 bits per heavy atom. The van der Waals surface area contributed by atoms with Gasteiger partial charge in [0.25, 0.3) is 0 Å². The monoisotopic (exact) mass is 630 g/mol. The maximum Gasteiger partial charge on any atom is 0.312 e. The standard InChI is InChI=1S/C29H25BrCl2N2O5/c1-28(2,27(37)38)14-39-23-9-6-16(30)11-19(23)25-29(20-8-7-18(32)12-22(20)33-26(29)36)21(13-24(35)34-25)15-4-3-5-17(31)10-15/h3-12,21,25H,13-14H2,1-2H3,(H,33,36)(H,34,35)(H,37,38)/t21-,25+,29-/m0/s1. The van der Waals surface area contributed by atoms with E-state index in [2.05, 4.69) is 26.6 Å². The van der Waals surface area contributed by atoms with Crippen LogP contribution >= 0.6 is 39.1 Å². The molecule has 2 aliphatic heterocycles. The number of fused-ring (bicyclic) bond motifs is 2. The Labute approximate surface area is 244 Å². The SMILES string of the molecule is CC(C)(COc1ccc(Br)cc1[C@H]1NC(=O)C[C@@H](c2cccc(Cl)c2)[C@]12C(=O)Nc1cc(Cl)ccc12)C(=O)O. The summed E-state index contributed by atoms with van der Waals surface area (Å²) in [6, 6.07) is 16.8. The lowest BCUT2D eigenvalue weighted by Gasteiger charge is -2.46. The van der Waals surface area contributed by atoms with Gasteiger partial charge in [-0.15, -0.1) is 0 Å². The predicted octanol–water partition coefficient (Wildman–Crippen LogP) is 6.48. The van der Waals surface area contributed by atoms with Crippen molar-refractivity contribution in [3.8, 4) is 5.75 Å². The molecule has 0 bridgehead atoms. The maximum absolute atomic E-state index is 14.2. The number of carboxylic acid groups (broad SMARTS) is 1. The molecule has 0 unspecified atom stereocenters. The Bertz CT molecular complexity index is 1510. The number of benzene rings is 3. The van der Waals surface area contributed by atoms with Gasteiger partial charge in [-0.05, 0) is 67.4 Å². The van der Waals surface area contributed by atoms with Gasteiger partial charge in [-0.2, -0.15) is 0 Å². The maximum atomic E-state index is 14.2. The zero-order chi connectivity index (χ0) is 28.1. The van der Waals surface area contributed by atoms with Crippen LogP contribution < -0.4 is 15.4 Å². The van der Waals surface area contributed by atoms with Crippen LogP contribution in [-0.4, -0.2) is 29.5 Å². The van der Waals surface area contributed by atoms with E-state index in [4.69, 9.17) is 27.9 Å². The fourth-order valence-corrected chi connectivity index (χ4v) is 6.22. The number of piperidine rings is 1. The second kappa shape index (κ2) is 10.2. The molecule has 1 saturated heterocycles. The fourth-order valence-electron chi connectivity index (χ4n) is 5.47. The van der Waals surface area contributed by atoms with Crippen molar-refractivity contribution in [1.29, 1.82) is 0 Å². The number of amides is 2. The van der Waals surface area contributed by atoms with Crippen LogP contribution in [0.5, 0.6) is 5.75 Å². The summed E-state index contributed by atoms with van der Waals surface area (Å²) in [7, 11) is 0. The number of carboxylic acids is 1. The molecule has 3 atom stereocenters. The summed E-state index contributed by atoms with van der Waals surface area (Å²) in [6.45, 7) is 3.01. The van der Waals surface area contributed by atoms with Gasteiger partial charge in [0.15, 0.2) is 0 Å². The van der Waals surface area contributed by atoms with E-state index in [1.165, 1.54) is 0 Å². The molecule has 1 fully saturated rings. The minimum atomic E-state index is -1.29. The third-order valence-electron chi connectivity index (χ3n) is 7.45. The van der Waals surface area contributed by atoms with Crippen LogP contribution in [0.2, 0.25) is 10.0 Å². The molecule has 0 aliphatic carbocycles. The summed E-state index contributed by atoms with van der Waals surface area (Å²) in [5.74, 6) is -1.78. The highest BCUT2D eigenvalue weighted by Crippen LogP contribution is 2.58. The fraction of sp³-hybridized carbons (Fsp3) is 0.276. The highest BCUT2D eigenvalue weighted by atomic mass is 79.9. The summed E-state index contributed by atoms with van der Waals surface area (Å²) in [5.41, 5.74) is 0.0526. The van der Waals surface area contributed by atoms with E-state index >= 15 is 0 Å². The number of halogens is 3. The van der Waals surface area contributed by atoms with Crippen LogP contribution in [-0.2, 0) is 19.8 Å². The van der Waals surface area contributed by atoms with E-state index in [1.807, 2.05) is 12.1 Å². The van der Waals surface area contributed by atoms with E-state index < -0.39 is 28.8 Å². The first-order valence-electron chi connectivity index (χ1n) is 12.3. The number of nitrogens with one attached hydrogen (secondary N) is 2. The largest absolute Gasteiger partial charge is 0.492 e. The molecule has 2 heterocycles. The summed E-state index contributed by atoms with van der Waals surface area (Å²) >= 11 is 16.2. The Kier molecular flexibility index (Phi) is 7.16. The number of aliphatic carboxylic acids is 1. The van der Waals surface area contributed by atoms with Crippen molar-refractivity contribution in [3.05, 3.63) is 91.9 Å². The van der Waals surface area contributed by atoms with Gasteiger partial charge >= 0.3 is 5.97 Å². The zero-order valence-electron chi connectivity index (χ0n) is 21.1. The van der Waals surface area contributed by atoms with Crippen LogP contribution in [0.1, 0.15) is 48.9 Å². The molecule has 39 heavy (non-hydrogen) atoms. The van der Waals surface area contributed by atoms with E-state index in [1.54, 1.807) is 62.4 Å². The summed E-state index contributed by atoms with van der Waals surface area (Å²) in [5, 5.41) is 16.6. The average molecular weight is 632 g/mol. The van der Waals surface area contributed by atoms with Crippen LogP contribution in [0, 0.1) is 5.41 Å². The predicted molar refractivity (Wildman–Crippen MR) is 153 cm³/mol. The topological polar surface area (TPSA) is 105 Å². The van der Waals surface area contributed by atoms with Gasteiger partial charge in [-0.3, -0.25) is 14.4 Å². The van der Waals surface area contributed by atoms with Crippen molar-refractivity contribution in [1.82, 2.24) is 5.32 Å². The molecule has 3 aromatic rings. The van der Waals surface area contributed by atoms with Gasteiger partial charge in [0, 0.05) is 38.1 Å². The minimum Gasteiger partial charge on any atom is -0.492 e. The lowest BCUT2D eigenvalue weighted by atomic mass is 9.59. The molecular formula is C29H25BrCl2N2O5. The van der Waals surface area contributed by atoms with Crippen molar-refractivity contribution in [3.63, 3.8) is 0 Å². The molecule has 10 heteroatoms. The Hall–Kier alpha value is -3.07. The number of carbonyl (C=O) groups is 3. The molecule has 0 aromatic heterocycles. The number of hydrogen-bond acceptors (Lipinski definition) is 4. The Morgan fingerprint density at radius 3 is 2.56 bits per heavy atom. The first kappa shape index (κ1) is 27.5. The molecule has 0 radical (unpaired) electrons. The molecule has 3 aromatic carbocycles. The second-order valence-electron chi connectivity index (χ2n) is 10.5. The normalized spacial score (nSPS) is 22.3. The third-order valence-corrected chi connectivity index (χ3v) is 8.42. The molecular weight excluding hydrogens is 607 g/mol. The van der Waals surface area contributed by atoms with Crippen molar-refractivity contribution < 1.29 is 24.2 Å². The van der Waals surface area contributed by atoms with Crippen LogP contribution in [0.15, 0.2) is 65.1 Å². The van der Waals surface area contributed by atoms with Crippen LogP contribution in [0.3, 0.4) is 0 Å². The van der Waals surface area contributed by atoms with E-state index in [0.29, 0.717) is 37.1 Å². The number of ether oxygens (including phenoxy) is 1. The van der Waals surface area contributed by atoms with Gasteiger partial charge in [0.05, 0.1) is 11.5 Å². The van der Waals surface area contributed by atoms with Gasteiger partial charge in [-0.1, -0.05) is 57.3 Å². The smallest absolute Gasteiger partial charge is 0.312 e. The minimum absolute atomic E-state index is 0.0442. The van der Waals surface area contributed by atoms with Gasteiger partial charge in [0.1, 0.15) is 17.8 Å². The first-order valence-corrected chi connectivity index (χ1v) is 13.8. The lowest BCUT2D eigenvalue weighted by Crippen LogP contribution is -2.57. The number of hydrogen-bond donors (Lipinski definition) is 3. The molecule has 5 rings (SSSR count). The van der Waals surface area contributed by atoms with E-state index in [-0.39, 0.29) is 24.8 Å². The Balaban J connectivity index is 1.74. The van der Waals surface area contributed by atoms with E-state index in [9.17, 15) is 19.5 Å². The third kappa shape index (κ3) is 4.79. The second-order valence-corrected chi connectivity index (χ2v) is 12.3. The van der Waals surface area contributed by atoms with Gasteiger partial charge in [-0.25, -0.2) is 0 Å². The number of carbonyl (C=O) groups excluding carboxylic acids is 2. The van der Waals surface area contributed by atoms with Gasteiger partial charge in [0.2, 0.25) is 11.8 Å². The van der Waals surface area contributed by atoms with Crippen molar-refractivity contribution in [2.75, 3.05) is 11.9 Å². The molecule has 0 saturated carbocycles. The highest BCUT2D eigenvalue weighted by molar-refractivity contribution is 9.10. The molecule has 3 N–H and O–H groups in total. The molecule has 2 amide bonds. The summed E-state index contributed by atoms with van der Waals surface area (Å²) in [4.78, 5) is 39.3. The van der Waals surface area contributed by atoms with Crippen molar-refractivity contribution in [2.24, 2.45) is 5.41 Å². The summed E-state index contributed by atoms with van der Waals surface area (Å²) in [6.07, 6.45) is 0.0442. The summed E-state index contributed by atoms with van der Waals surface area (Å²) < 4.78 is 6.79. The molecule has 1 spiro atoms. The number of rotatable bonds is 6. The lowest BCUT2D eigenvalue weighted by molar-refractivity contribution is -0.148. The molecule has 7 nitrogen and oxygen atoms in total. The van der Waals surface area contributed by atoms with Gasteiger partial charge < -0.3 is 20.5 Å². The molecule has 202 valence electrons. The molecule has 2 aliphatic rings. The quantitative estimate of drug-likeness (QED) is 0.289. The highest BCUT2D eigenvalue weighted by Gasteiger charge is 2.61. The first-order chi connectivity index (χ1) is 18.4. The van der Waals surface area contributed by atoms with Crippen molar-refractivity contribution in [2.45, 2.75) is 37.6 Å². The van der Waals surface area contributed by atoms with E-state index in [0.717, 1.165) is 5.56 Å². The van der Waals surface area contributed by atoms with Crippen molar-refractivity contribution >= 4 is 62.6 Å². The van der Waals surface area contributed by atoms with Crippen LogP contribution in [0.25, 0.3) is 0 Å². The average Bonchev–Trinajstić information content (AvgIpc) is 3.15. The number of anilines is 1.